The highest BCUT2D eigenvalue weighted by molar-refractivity contribution is 14.0. The van der Waals surface area contributed by atoms with Crippen LogP contribution in [0.2, 0.25) is 0 Å². The fraction of sp³-hybridized carbons (Fsp3) is 0.857. The number of amides is 1. The van der Waals surface area contributed by atoms with E-state index in [4.69, 9.17) is 4.74 Å². The Hall–Kier alpha value is -0.570. The van der Waals surface area contributed by atoms with Gasteiger partial charge in [0.05, 0.1) is 18.2 Å². The average Bonchev–Trinajstić information content (AvgIpc) is 2.96. The molecule has 2 fully saturated rings. The first-order valence-electron chi connectivity index (χ1n) is 7.39. The van der Waals surface area contributed by atoms with Crippen LogP contribution in [0.25, 0.3) is 0 Å². The molecule has 6 nitrogen and oxygen atoms in total. The van der Waals surface area contributed by atoms with Crippen molar-refractivity contribution in [3.05, 3.63) is 0 Å². The molecule has 2 aliphatic heterocycles. The average molecular weight is 410 g/mol. The second-order valence-corrected chi connectivity index (χ2v) is 6.11. The SMILES string of the molecule is CC(C)NC(=NCC(=O)N(C)C)NC1CC2CCC1O2.I. The number of hydrogen-bond acceptors (Lipinski definition) is 3. The number of hydrogen-bond donors (Lipinski definition) is 2. The number of guanidine groups is 1. The van der Waals surface area contributed by atoms with Crippen LogP contribution < -0.4 is 10.6 Å². The zero-order valence-corrected chi connectivity index (χ0v) is 15.6. The summed E-state index contributed by atoms with van der Waals surface area (Å²) in [7, 11) is 3.48. The fourth-order valence-corrected chi connectivity index (χ4v) is 2.66. The van der Waals surface area contributed by atoms with Crippen LogP contribution in [0.15, 0.2) is 4.99 Å². The van der Waals surface area contributed by atoms with E-state index in [1.165, 1.54) is 6.42 Å². The zero-order chi connectivity index (χ0) is 14.7. The van der Waals surface area contributed by atoms with Gasteiger partial charge < -0.3 is 20.3 Å². The van der Waals surface area contributed by atoms with Gasteiger partial charge in [-0.3, -0.25) is 4.79 Å². The number of halogens is 1. The third-order valence-corrected chi connectivity index (χ3v) is 3.72. The van der Waals surface area contributed by atoms with Crippen LogP contribution in [0.1, 0.15) is 33.1 Å². The van der Waals surface area contributed by atoms with Crippen LogP contribution in [0, 0.1) is 0 Å². The van der Waals surface area contributed by atoms with E-state index in [0.29, 0.717) is 24.2 Å². The molecular weight excluding hydrogens is 383 g/mol. The van der Waals surface area contributed by atoms with Crippen LogP contribution in [-0.4, -0.2) is 61.7 Å². The molecule has 2 rings (SSSR count). The summed E-state index contributed by atoms with van der Waals surface area (Å²) in [6.45, 7) is 4.28. The molecule has 0 aliphatic carbocycles. The van der Waals surface area contributed by atoms with E-state index in [1.54, 1.807) is 19.0 Å². The maximum atomic E-state index is 11.6. The maximum absolute atomic E-state index is 11.6. The number of aliphatic imine (C=N–C) groups is 1. The van der Waals surface area contributed by atoms with Crippen molar-refractivity contribution >= 4 is 35.8 Å². The van der Waals surface area contributed by atoms with Crippen molar-refractivity contribution in [3.8, 4) is 0 Å². The lowest BCUT2D eigenvalue weighted by atomic mass is 9.96. The summed E-state index contributed by atoms with van der Waals surface area (Å²) in [5, 5.41) is 6.69. The van der Waals surface area contributed by atoms with Crippen molar-refractivity contribution in [1.82, 2.24) is 15.5 Å². The van der Waals surface area contributed by atoms with Gasteiger partial charge in [0.25, 0.3) is 0 Å². The Morgan fingerprint density at radius 2 is 2.10 bits per heavy atom. The summed E-state index contributed by atoms with van der Waals surface area (Å²) in [6.07, 6.45) is 4.02. The van der Waals surface area contributed by atoms with E-state index in [9.17, 15) is 4.79 Å². The Balaban J connectivity index is 0.00000220. The molecule has 122 valence electrons. The Morgan fingerprint density at radius 3 is 2.57 bits per heavy atom. The van der Waals surface area contributed by atoms with Crippen molar-refractivity contribution < 1.29 is 9.53 Å². The number of rotatable bonds is 4. The molecule has 0 aromatic rings. The van der Waals surface area contributed by atoms with Crippen molar-refractivity contribution in [2.75, 3.05) is 20.6 Å². The van der Waals surface area contributed by atoms with Crippen LogP contribution in [-0.2, 0) is 9.53 Å². The van der Waals surface area contributed by atoms with Crippen LogP contribution in [0.4, 0.5) is 0 Å². The van der Waals surface area contributed by atoms with Gasteiger partial charge in [-0.05, 0) is 33.1 Å². The molecule has 1 amide bonds. The molecule has 0 saturated carbocycles. The van der Waals surface area contributed by atoms with Gasteiger partial charge in [0, 0.05) is 20.1 Å². The van der Waals surface area contributed by atoms with Crippen LogP contribution in [0.3, 0.4) is 0 Å². The van der Waals surface area contributed by atoms with Crippen molar-refractivity contribution in [1.29, 1.82) is 0 Å². The Labute approximate surface area is 144 Å². The third-order valence-electron chi connectivity index (χ3n) is 3.72. The summed E-state index contributed by atoms with van der Waals surface area (Å²) in [5.74, 6) is 0.704. The molecule has 21 heavy (non-hydrogen) atoms. The molecule has 0 spiro atoms. The molecule has 2 aliphatic rings. The second kappa shape index (κ2) is 8.17. The van der Waals surface area contributed by atoms with E-state index in [0.717, 1.165) is 12.8 Å². The van der Waals surface area contributed by atoms with E-state index in [-0.39, 0.29) is 42.5 Å². The molecular formula is C14H27IN4O2. The number of ether oxygens (including phenoxy) is 1. The predicted octanol–water partition coefficient (Wildman–Crippen LogP) is 0.956. The minimum Gasteiger partial charge on any atom is -0.373 e. The number of nitrogens with zero attached hydrogens (tertiary/aromatic N) is 2. The standard InChI is InChI=1S/C14H26N4O2.HI/c1-9(2)16-14(15-8-13(19)18(3)4)17-11-7-10-5-6-12(11)20-10;/h9-12H,5-8H2,1-4H3,(H2,15,16,17);1H. The maximum Gasteiger partial charge on any atom is 0.243 e. The summed E-state index contributed by atoms with van der Waals surface area (Å²) in [5.41, 5.74) is 0. The number of likely N-dealkylation sites (N-methyl/N-ethyl adjacent to an activating group) is 1. The zero-order valence-electron chi connectivity index (χ0n) is 13.3. The number of fused-ring (bicyclic) bond motifs is 2. The van der Waals surface area contributed by atoms with Crippen molar-refractivity contribution in [2.24, 2.45) is 4.99 Å². The lowest BCUT2D eigenvalue weighted by Crippen LogP contribution is -2.49. The number of carbonyl (C=O) groups excluding carboxylic acids is 1. The van der Waals surface area contributed by atoms with Gasteiger partial charge in [0.1, 0.15) is 6.54 Å². The Morgan fingerprint density at radius 1 is 1.38 bits per heavy atom. The van der Waals surface area contributed by atoms with Gasteiger partial charge in [0.15, 0.2) is 5.96 Å². The molecule has 2 N–H and O–H groups in total. The van der Waals surface area contributed by atoms with Crippen LogP contribution >= 0.6 is 24.0 Å². The normalized spacial score (nSPS) is 27.5. The van der Waals surface area contributed by atoms with Crippen molar-refractivity contribution in [2.45, 2.75) is 57.4 Å². The lowest BCUT2D eigenvalue weighted by molar-refractivity contribution is -0.127. The first-order chi connectivity index (χ1) is 9.45. The predicted molar refractivity (Wildman–Crippen MR) is 94.1 cm³/mol. The van der Waals surface area contributed by atoms with Gasteiger partial charge in [0.2, 0.25) is 5.91 Å². The fourth-order valence-electron chi connectivity index (χ4n) is 2.66. The van der Waals surface area contributed by atoms with Gasteiger partial charge in [-0.1, -0.05) is 0 Å². The quantitative estimate of drug-likeness (QED) is 0.412. The van der Waals surface area contributed by atoms with Gasteiger partial charge in [-0.25, -0.2) is 4.99 Å². The number of nitrogens with one attached hydrogen (secondary N) is 2. The molecule has 2 heterocycles. The topological polar surface area (TPSA) is 66.0 Å². The molecule has 0 aromatic heterocycles. The minimum atomic E-state index is -0.000881. The minimum absolute atomic E-state index is 0. The largest absolute Gasteiger partial charge is 0.373 e. The first kappa shape index (κ1) is 18.5. The highest BCUT2D eigenvalue weighted by atomic mass is 127. The first-order valence-corrected chi connectivity index (χ1v) is 7.39. The molecule has 2 bridgehead atoms. The lowest BCUT2D eigenvalue weighted by Gasteiger charge is -2.24. The van der Waals surface area contributed by atoms with Gasteiger partial charge in [-0.2, -0.15) is 0 Å². The molecule has 2 saturated heterocycles. The monoisotopic (exact) mass is 410 g/mol. The smallest absolute Gasteiger partial charge is 0.243 e. The highest BCUT2D eigenvalue weighted by Crippen LogP contribution is 2.34. The summed E-state index contributed by atoms with van der Waals surface area (Å²) >= 11 is 0. The molecule has 7 heteroatoms. The molecule has 3 unspecified atom stereocenters. The van der Waals surface area contributed by atoms with Gasteiger partial charge in [-0.15, -0.1) is 24.0 Å². The summed E-state index contributed by atoms with van der Waals surface area (Å²) < 4.78 is 5.83. The summed E-state index contributed by atoms with van der Waals surface area (Å²) in [4.78, 5) is 17.6. The van der Waals surface area contributed by atoms with E-state index in [1.807, 2.05) is 0 Å². The van der Waals surface area contributed by atoms with Crippen molar-refractivity contribution in [3.63, 3.8) is 0 Å². The Bertz CT molecular complexity index is 387. The third kappa shape index (κ3) is 5.28. The highest BCUT2D eigenvalue weighted by Gasteiger charge is 2.41. The number of carbonyl (C=O) groups is 1. The van der Waals surface area contributed by atoms with Crippen LogP contribution in [0.5, 0.6) is 0 Å². The van der Waals surface area contributed by atoms with E-state index < -0.39 is 0 Å². The summed E-state index contributed by atoms with van der Waals surface area (Å²) in [6, 6.07) is 0.587. The Kier molecular flexibility index (Phi) is 7.19. The van der Waals surface area contributed by atoms with E-state index in [2.05, 4.69) is 29.5 Å². The van der Waals surface area contributed by atoms with E-state index >= 15 is 0 Å². The van der Waals surface area contributed by atoms with Gasteiger partial charge >= 0.3 is 0 Å². The second-order valence-electron chi connectivity index (χ2n) is 6.11. The molecule has 3 atom stereocenters. The molecule has 0 aromatic carbocycles. The molecule has 0 radical (unpaired) electrons.